The van der Waals surface area contributed by atoms with E-state index in [1.54, 1.807) is 30.8 Å². The van der Waals surface area contributed by atoms with Crippen LogP contribution in [0, 0.1) is 10.7 Å². The van der Waals surface area contributed by atoms with E-state index in [0.29, 0.717) is 11.5 Å². The van der Waals surface area contributed by atoms with Gasteiger partial charge in [0.25, 0.3) is 0 Å². The van der Waals surface area contributed by atoms with Gasteiger partial charge in [-0.1, -0.05) is 13.8 Å². The molecule has 0 saturated heterocycles. The van der Waals surface area contributed by atoms with Gasteiger partial charge in [-0.15, -0.1) is 0 Å². The van der Waals surface area contributed by atoms with Crippen LogP contribution >= 0.6 is 0 Å². The summed E-state index contributed by atoms with van der Waals surface area (Å²) in [6.07, 6.45) is 7.56. The maximum atomic E-state index is 12.6. The predicted octanol–water partition coefficient (Wildman–Crippen LogP) is 3.11. The van der Waals surface area contributed by atoms with Gasteiger partial charge in [-0.05, 0) is 52.2 Å². The second kappa shape index (κ2) is 9.65. The number of anilines is 1. The van der Waals surface area contributed by atoms with Gasteiger partial charge in [0.05, 0.1) is 21.2 Å². The number of amides is 1. The average molecular weight is 505 g/mol. The summed E-state index contributed by atoms with van der Waals surface area (Å²) in [6.45, 7) is 9.41. The first-order valence-corrected chi connectivity index (χ1v) is 13.8. The highest BCUT2D eigenvalue weighted by Crippen LogP contribution is 2.35. The molecule has 0 radical (unpaired) electrons. The zero-order valence-corrected chi connectivity index (χ0v) is 21.7. The third-order valence-electron chi connectivity index (χ3n) is 6.36. The van der Waals surface area contributed by atoms with Crippen molar-refractivity contribution >= 4 is 27.2 Å². The molecule has 2 aromatic rings. The fraction of sp³-hybridized carbons (Fsp3) is 0.609. The van der Waals surface area contributed by atoms with Gasteiger partial charge in [0.2, 0.25) is 0 Å². The number of alkyl carbamates (subject to hydrolysis) is 1. The Morgan fingerprint density at radius 3 is 2.86 bits per heavy atom. The van der Waals surface area contributed by atoms with Crippen molar-refractivity contribution in [3.05, 3.63) is 35.9 Å². The quantitative estimate of drug-likeness (QED) is 0.369. The third-order valence-corrected chi connectivity index (χ3v) is 8.61. The molecule has 1 amide bonds. The standard InChI is InChI=1S/C23H36N8O3S/c1-14(2)26-22(32)34-18-7-6-16(10-18)19-12-23(5,30-28-19)27-21-20-11-17(13-35(24,33)15(3)4)29-31(20)9-8-25-21/h8-9,11-12,14-16,18,24,28,30H,6-7,10,13H2,1-5H3,(H,25,27)(H,26,32). The van der Waals surface area contributed by atoms with Crippen molar-refractivity contribution < 1.29 is 13.7 Å². The molecule has 4 atom stereocenters. The van der Waals surface area contributed by atoms with Gasteiger partial charge in [-0.2, -0.15) is 5.10 Å². The van der Waals surface area contributed by atoms with Crippen molar-refractivity contribution in [2.24, 2.45) is 5.92 Å². The summed E-state index contributed by atoms with van der Waals surface area (Å²) in [6, 6.07) is 1.88. The van der Waals surface area contributed by atoms with Gasteiger partial charge >= 0.3 is 6.09 Å². The summed E-state index contributed by atoms with van der Waals surface area (Å²) in [5, 5.41) is 10.5. The van der Waals surface area contributed by atoms with Gasteiger partial charge in [-0.25, -0.2) is 23.9 Å². The van der Waals surface area contributed by atoms with Crippen LogP contribution in [-0.2, 0) is 20.2 Å². The fourth-order valence-corrected chi connectivity index (χ4v) is 5.31. The highest BCUT2D eigenvalue weighted by atomic mass is 32.2. The Kier molecular flexibility index (Phi) is 6.96. The second-order valence-electron chi connectivity index (χ2n) is 10.2. The highest BCUT2D eigenvalue weighted by molar-refractivity contribution is 7.92. The molecular weight excluding hydrogens is 468 g/mol. The smallest absolute Gasteiger partial charge is 0.407 e. The Labute approximate surface area is 206 Å². The molecule has 1 saturated carbocycles. The summed E-state index contributed by atoms with van der Waals surface area (Å²) in [5.41, 5.74) is 8.39. The molecule has 5 N–H and O–H groups in total. The van der Waals surface area contributed by atoms with E-state index in [-0.39, 0.29) is 35.2 Å². The molecule has 0 spiro atoms. The van der Waals surface area contributed by atoms with Crippen LogP contribution in [0.3, 0.4) is 0 Å². The fourth-order valence-electron chi connectivity index (χ4n) is 4.40. The van der Waals surface area contributed by atoms with Gasteiger partial charge in [0.1, 0.15) is 17.3 Å². The normalized spacial score (nSPS) is 26.0. The molecule has 4 rings (SSSR count). The van der Waals surface area contributed by atoms with Gasteiger partial charge in [-0.3, -0.25) is 4.78 Å². The SMILES string of the molecule is CC(C)NC(=O)OC1CCC(C2=CC(C)(Nc3nccn4nc(CS(=N)(=O)C(C)C)cc34)NN2)C1. The molecule has 0 aromatic carbocycles. The number of ether oxygens (including phenoxy) is 1. The van der Waals surface area contributed by atoms with E-state index in [9.17, 15) is 9.00 Å². The number of hydrazine groups is 1. The van der Waals surface area contributed by atoms with Crippen LogP contribution in [0.25, 0.3) is 5.52 Å². The van der Waals surface area contributed by atoms with Gasteiger partial charge < -0.3 is 20.8 Å². The Hall–Kier alpha value is -2.86. The van der Waals surface area contributed by atoms with Crippen molar-refractivity contribution in [2.45, 2.75) is 82.7 Å². The molecule has 4 unspecified atom stereocenters. The molecular formula is C23H36N8O3S. The Balaban J connectivity index is 1.45. The Bertz CT molecular complexity index is 1220. The molecule has 1 fully saturated rings. The number of rotatable bonds is 8. The average Bonchev–Trinajstić information content (AvgIpc) is 3.46. The van der Waals surface area contributed by atoms with Crippen molar-refractivity contribution in [1.29, 1.82) is 4.78 Å². The molecule has 1 aliphatic carbocycles. The lowest BCUT2D eigenvalue weighted by Gasteiger charge is -2.24. The monoisotopic (exact) mass is 504 g/mol. The van der Waals surface area contributed by atoms with E-state index in [0.717, 1.165) is 30.5 Å². The number of hydrogen-bond donors (Lipinski definition) is 5. The number of hydrogen-bond acceptors (Lipinski definition) is 9. The van der Waals surface area contributed by atoms with E-state index in [4.69, 9.17) is 9.52 Å². The molecule has 2 aromatic heterocycles. The van der Waals surface area contributed by atoms with E-state index < -0.39 is 15.4 Å². The number of aromatic nitrogens is 3. The minimum atomic E-state index is -2.77. The van der Waals surface area contributed by atoms with Crippen LogP contribution in [-0.4, -0.2) is 48.0 Å². The second-order valence-corrected chi connectivity index (χ2v) is 12.9. The van der Waals surface area contributed by atoms with E-state index in [2.05, 4.69) is 37.6 Å². The first kappa shape index (κ1) is 25.2. The minimum absolute atomic E-state index is 0.0473. The summed E-state index contributed by atoms with van der Waals surface area (Å²) in [7, 11) is -2.77. The number of allylic oxidation sites excluding steroid dienone is 1. The molecule has 35 heavy (non-hydrogen) atoms. The van der Waals surface area contributed by atoms with Crippen LogP contribution in [0.2, 0.25) is 0 Å². The number of nitrogens with one attached hydrogen (secondary N) is 5. The first-order valence-electron chi connectivity index (χ1n) is 12.0. The lowest BCUT2D eigenvalue weighted by molar-refractivity contribution is 0.0973. The first-order chi connectivity index (χ1) is 16.4. The summed E-state index contributed by atoms with van der Waals surface area (Å²) in [5.74, 6) is 0.988. The van der Waals surface area contributed by atoms with Gasteiger partial charge in [0.15, 0.2) is 5.82 Å². The van der Waals surface area contributed by atoms with E-state index in [1.165, 1.54) is 0 Å². The summed E-state index contributed by atoms with van der Waals surface area (Å²) in [4.78, 5) is 16.4. The summed E-state index contributed by atoms with van der Waals surface area (Å²) < 4.78 is 28.0. The van der Waals surface area contributed by atoms with E-state index >= 15 is 0 Å². The Morgan fingerprint density at radius 2 is 2.14 bits per heavy atom. The molecule has 1 aliphatic heterocycles. The molecule has 3 heterocycles. The van der Waals surface area contributed by atoms with Crippen molar-refractivity contribution in [3.8, 4) is 0 Å². The predicted molar refractivity (Wildman–Crippen MR) is 135 cm³/mol. The lowest BCUT2D eigenvalue weighted by Crippen LogP contribution is -2.48. The maximum Gasteiger partial charge on any atom is 0.407 e. The zero-order valence-electron chi connectivity index (χ0n) is 20.9. The van der Waals surface area contributed by atoms with Crippen molar-refractivity contribution in [3.63, 3.8) is 0 Å². The number of nitrogens with zero attached hydrogens (tertiary/aromatic N) is 3. The Morgan fingerprint density at radius 1 is 1.37 bits per heavy atom. The lowest BCUT2D eigenvalue weighted by atomic mass is 10.0. The van der Waals surface area contributed by atoms with Crippen molar-refractivity contribution in [1.82, 2.24) is 30.8 Å². The molecule has 192 valence electrons. The van der Waals surface area contributed by atoms with Crippen LogP contribution in [0.1, 0.15) is 59.6 Å². The zero-order chi connectivity index (χ0) is 25.4. The largest absolute Gasteiger partial charge is 0.446 e. The van der Waals surface area contributed by atoms with Crippen LogP contribution in [0.5, 0.6) is 0 Å². The van der Waals surface area contributed by atoms with Gasteiger partial charge in [0, 0.05) is 35.3 Å². The minimum Gasteiger partial charge on any atom is -0.446 e. The molecule has 11 nitrogen and oxygen atoms in total. The molecule has 2 aliphatic rings. The topological polar surface area (TPSA) is 146 Å². The number of carbonyl (C=O) groups excluding carboxylic acids is 1. The molecule has 12 heteroatoms. The third kappa shape index (κ3) is 5.87. The highest BCUT2D eigenvalue weighted by Gasteiger charge is 2.36. The van der Waals surface area contributed by atoms with Crippen molar-refractivity contribution in [2.75, 3.05) is 5.32 Å². The van der Waals surface area contributed by atoms with Crippen LogP contribution < -0.4 is 21.5 Å². The molecule has 0 bridgehead atoms. The van der Waals surface area contributed by atoms with Crippen LogP contribution in [0.4, 0.5) is 10.6 Å². The van der Waals surface area contributed by atoms with Crippen LogP contribution in [0.15, 0.2) is 30.2 Å². The maximum absolute atomic E-state index is 12.6. The number of carbonyl (C=O) groups is 1. The summed E-state index contributed by atoms with van der Waals surface area (Å²) >= 11 is 0. The van der Waals surface area contributed by atoms with E-state index in [1.807, 2.05) is 26.8 Å². The number of fused-ring (bicyclic) bond motifs is 1.